The fourth-order valence-electron chi connectivity index (χ4n) is 2.64. The van der Waals surface area contributed by atoms with E-state index in [9.17, 15) is 17.2 Å². The van der Waals surface area contributed by atoms with Crippen LogP contribution in [-0.4, -0.2) is 32.4 Å². The highest BCUT2D eigenvalue weighted by Crippen LogP contribution is 2.25. The first-order chi connectivity index (χ1) is 11.4. The third-order valence-electron chi connectivity index (χ3n) is 3.93. The highest BCUT2D eigenvalue weighted by molar-refractivity contribution is 7.88. The molecule has 0 N–H and O–H groups in total. The first-order valence-electron chi connectivity index (χ1n) is 7.53. The lowest BCUT2D eigenvalue weighted by Crippen LogP contribution is -2.42. The summed E-state index contributed by atoms with van der Waals surface area (Å²) in [5.41, 5.74) is 1.26. The molecule has 1 aliphatic heterocycles. The zero-order chi connectivity index (χ0) is 17.2. The van der Waals surface area contributed by atoms with E-state index in [4.69, 9.17) is 4.74 Å². The Morgan fingerprint density at radius 3 is 2.21 bits per heavy atom. The smallest absolute Gasteiger partial charge is 0.218 e. The van der Waals surface area contributed by atoms with Crippen molar-refractivity contribution in [3.05, 3.63) is 71.3 Å². The van der Waals surface area contributed by atoms with Crippen LogP contribution in [0.15, 0.2) is 48.5 Å². The van der Waals surface area contributed by atoms with Crippen LogP contribution in [0.1, 0.15) is 17.2 Å². The van der Waals surface area contributed by atoms with E-state index in [0.717, 1.165) is 5.56 Å². The zero-order valence-electron chi connectivity index (χ0n) is 12.9. The second-order valence-corrected chi connectivity index (χ2v) is 7.62. The van der Waals surface area contributed by atoms with Crippen molar-refractivity contribution in [1.82, 2.24) is 4.31 Å². The van der Waals surface area contributed by atoms with Gasteiger partial charge in [-0.05, 0) is 35.4 Å². The minimum Gasteiger partial charge on any atom is -0.371 e. The third kappa shape index (κ3) is 3.98. The fraction of sp³-hybridized carbons (Fsp3) is 0.294. The number of halogens is 2. The first kappa shape index (κ1) is 17.0. The van der Waals surface area contributed by atoms with Crippen molar-refractivity contribution in [1.29, 1.82) is 0 Å². The molecular weight excluding hydrogens is 336 g/mol. The number of hydrogen-bond donors (Lipinski definition) is 0. The normalized spacial score (nSPS) is 19.3. The molecule has 0 aliphatic carbocycles. The van der Waals surface area contributed by atoms with E-state index >= 15 is 0 Å². The molecule has 3 rings (SSSR count). The van der Waals surface area contributed by atoms with Gasteiger partial charge >= 0.3 is 0 Å². The Morgan fingerprint density at radius 2 is 1.58 bits per heavy atom. The molecule has 0 aromatic heterocycles. The van der Waals surface area contributed by atoms with Crippen LogP contribution >= 0.6 is 0 Å². The third-order valence-corrected chi connectivity index (χ3v) is 5.74. The van der Waals surface area contributed by atoms with Gasteiger partial charge in [-0.1, -0.05) is 24.3 Å². The summed E-state index contributed by atoms with van der Waals surface area (Å²) >= 11 is 0. The minimum atomic E-state index is -3.54. The number of nitrogens with zero attached hydrogens (tertiary/aromatic N) is 1. The molecule has 128 valence electrons. The molecule has 1 heterocycles. The Balaban J connectivity index is 1.73. The van der Waals surface area contributed by atoms with Gasteiger partial charge in [-0.15, -0.1) is 0 Å². The largest absolute Gasteiger partial charge is 0.371 e. The summed E-state index contributed by atoms with van der Waals surface area (Å²) in [5, 5.41) is 0. The molecule has 0 saturated carbocycles. The van der Waals surface area contributed by atoms with E-state index in [1.807, 2.05) is 0 Å². The predicted octanol–water partition coefficient (Wildman–Crippen LogP) is 2.87. The fourth-order valence-corrected chi connectivity index (χ4v) is 4.15. The molecule has 0 amide bonds. The zero-order valence-corrected chi connectivity index (χ0v) is 13.7. The molecule has 1 aliphatic rings. The molecular formula is C17H17F2NO3S. The maximum atomic E-state index is 13.0. The van der Waals surface area contributed by atoms with Crippen molar-refractivity contribution in [3.8, 4) is 0 Å². The number of rotatable bonds is 4. The Hall–Kier alpha value is -1.83. The highest BCUT2D eigenvalue weighted by Gasteiger charge is 2.30. The van der Waals surface area contributed by atoms with Gasteiger partial charge in [-0.25, -0.2) is 17.2 Å². The Bertz CT molecular complexity index is 792. The molecule has 2 aromatic rings. The summed E-state index contributed by atoms with van der Waals surface area (Å²) < 4.78 is 58.1. The number of morpholine rings is 1. The number of ether oxygens (including phenoxy) is 1. The minimum absolute atomic E-state index is 0.176. The van der Waals surface area contributed by atoms with E-state index in [1.54, 1.807) is 12.1 Å². The van der Waals surface area contributed by atoms with Crippen molar-refractivity contribution < 1.29 is 21.9 Å². The Morgan fingerprint density at radius 1 is 1.00 bits per heavy atom. The van der Waals surface area contributed by atoms with Crippen LogP contribution in [0.4, 0.5) is 8.78 Å². The summed E-state index contributed by atoms with van der Waals surface area (Å²) in [7, 11) is -3.54. The van der Waals surface area contributed by atoms with Crippen LogP contribution < -0.4 is 0 Å². The lowest BCUT2D eigenvalue weighted by molar-refractivity contribution is -0.00263. The summed E-state index contributed by atoms with van der Waals surface area (Å²) in [6, 6.07) is 11.2. The SMILES string of the molecule is O=S(=O)(Cc1ccc(F)cc1)N1CCOC(c2ccc(F)cc2)C1. The number of benzene rings is 2. The molecule has 0 radical (unpaired) electrons. The quantitative estimate of drug-likeness (QED) is 0.849. The first-order valence-corrected chi connectivity index (χ1v) is 9.14. The second kappa shape index (κ2) is 6.96. The highest BCUT2D eigenvalue weighted by atomic mass is 32.2. The van der Waals surface area contributed by atoms with Crippen LogP contribution in [0.3, 0.4) is 0 Å². The monoisotopic (exact) mass is 353 g/mol. The van der Waals surface area contributed by atoms with Gasteiger partial charge in [0, 0.05) is 13.1 Å². The van der Waals surface area contributed by atoms with Gasteiger partial charge in [0.05, 0.1) is 18.5 Å². The summed E-state index contributed by atoms with van der Waals surface area (Å²) in [4.78, 5) is 0. The summed E-state index contributed by atoms with van der Waals surface area (Å²) in [5.74, 6) is -0.946. The van der Waals surface area contributed by atoms with Crippen LogP contribution in [0.25, 0.3) is 0 Å². The van der Waals surface area contributed by atoms with Gasteiger partial charge in [0.25, 0.3) is 0 Å². The van der Waals surface area contributed by atoms with Crippen molar-refractivity contribution >= 4 is 10.0 Å². The van der Waals surface area contributed by atoms with Gasteiger partial charge < -0.3 is 4.74 Å². The van der Waals surface area contributed by atoms with Gasteiger partial charge in [0.2, 0.25) is 10.0 Å². The summed E-state index contributed by atoms with van der Waals surface area (Å²) in [6.45, 7) is 0.709. The maximum Gasteiger partial charge on any atom is 0.218 e. The molecule has 1 saturated heterocycles. The molecule has 7 heteroatoms. The van der Waals surface area contributed by atoms with Crippen molar-refractivity contribution in [2.24, 2.45) is 0 Å². The number of hydrogen-bond acceptors (Lipinski definition) is 3. The molecule has 2 aromatic carbocycles. The molecule has 24 heavy (non-hydrogen) atoms. The molecule has 4 nitrogen and oxygen atoms in total. The van der Waals surface area contributed by atoms with Gasteiger partial charge in [-0.2, -0.15) is 4.31 Å². The standard InChI is InChI=1S/C17H17F2NO3S/c18-15-5-1-13(2-6-15)12-24(21,22)20-9-10-23-17(11-20)14-3-7-16(19)8-4-14/h1-8,17H,9-12H2. The lowest BCUT2D eigenvalue weighted by atomic mass is 10.1. The second-order valence-electron chi connectivity index (χ2n) is 5.65. The summed E-state index contributed by atoms with van der Waals surface area (Å²) in [6.07, 6.45) is -0.428. The van der Waals surface area contributed by atoms with E-state index in [1.165, 1.54) is 40.7 Å². The molecule has 1 fully saturated rings. The molecule has 1 unspecified atom stereocenters. The molecule has 1 atom stereocenters. The van der Waals surface area contributed by atoms with Gasteiger partial charge in [0.15, 0.2) is 0 Å². The predicted molar refractivity (Wildman–Crippen MR) is 85.7 cm³/mol. The van der Waals surface area contributed by atoms with Crippen molar-refractivity contribution in [2.75, 3.05) is 19.7 Å². The van der Waals surface area contributed by atoms with E-state index < -0.39 is 21.9 Å². The average Bonchev–Trinajstić information content (AvgIpc) is 2.58. The van der Waals surface area contributed by atoms with Crippen LogP contribution in [-0.2, 0) is 20.5 Å². The van der Waals surface area contributed by atoms with E-state index in [2.05, 4.69) is 0 Å². The molecule has 0 spiro atoms. The topological polar surface area (TPSA) is 46.6 Å². The van der Waals surface area contributed by atoms with Crippen molar-refractivity contribution in [3.63, 3.8) is 0 Å². The van der Waals surface area contributed by atoms with Crippen LogP contribution in [0, 0.1) is 11.6 Å². The van der Waals surface area contributed by atoms with Crippen molar-refractivity contribution in [2.45, 2.75) is 11.9 Å². The number of sulfonamides is 1. The van der Waals surface area contributed by atoms with Gasteiger partial charge in [-0.3, -0.25) is 0 Å². The van der Waals surface area contributed by atoms with Crippen LogP contribution in [0.5, 0.6) is 0 Å². The maximum absolute atomic E-state index is 13.0. The average molecular weight is 353 g/mol. The Labute approximate surface area is 139 Å². The van der Waals surface area contributed by atoms with Crippen LogP contribution in [0.2, 0.25) is 0 Å². The van der Waals surface area contributed by atoms with E-state index in [-0.39, 0.29) is 31.3 Å². The lowest BCUT2D eigenvalue weighted by Gasteiger charge is -2.32. The van der Waals surface area contributed by atoms with E-state index in [0.29, 0.717) is 5.56 Å². The van der Waals surface area contributed by atoms with Gasteiger partial charge in [0.1, 0.15) is 11.6 Å². The Kier molecular flexibility index (Phi) is 4.93. The molecule has 0 bridgehead atoms.